The Morgan fingerprint density at radius 1 is 1.50 bits per heavy atom. The number of hydrogen-bond donors (Lipinski definition) is 0. The molecule has 2 aromatic rings. The maximum Gasteiger partial charge on any atom is 0.185 e. The van der Waals surface area contributed by atoms with E-state index < -0.39 is 0 Å². The second-order valence-electron chi connectivity index (χ2n) is 3.26. The van der Waals surface area contributed by atoms with E-state index in [0.29, 0.717) is 17.7 Å². The first kappa shape index (κ1) is 8.94. The molecule has 0 aliphatic rings. The maximum atomic E-state index is 11.5. The van der Waals surface area contributed by atoms with E-state index >= 15 is 0 Å². The molecule has 0 saturated heterocycles. The standard InChI is InChI=1S/C11H11NO2/c1-3-9(13)10-8-6-4-5-7(2)11(8)14-12-10/h4-6H,3H2,1-2H3. The third kappa shape index (κ3) is 1.21. The number of aryl methyl sites for hydroxylation is 1. The highest BCUT2D eigenvalue weighted by atomic mass is 16.5. The molecule has 3 nitrogen and oxygen atoms in total. The van der Waals surface area contributed by atoms with Crippen LogP contribution in [0.4, 0.5) is 0 Å². The van der Waals surface area contributed by atoms with Crippen LogP contribution in [-0.4, -0.2) is 10.9 Å². The van der Waals surface area contributed by atoms with Gasteiger partial charge in [0.15, 0.2) is 17.1 Å². The molecule has 0 aliphatic heterocycles. The normalized spacial score (nSPS) is 10.7. The van der Waals surface area contributed by atoms with Crippen molar-refractivity contribution in [3.8, 4) is 0 Å². The van der Waals surface area contributed by atoms with Crippen molar-refractivity contribution in [1.82, 2.24) is 5.16 Å². The third-order valence-corrected chi connectivity index (χ3v) is 2.28. The lowest BCUT2D eigenvalue weighted by molar-refractivity contribution is 0.0981. The van der Waals surface area contributed by atoms with Crippen LogP contribution in [0.3, 0.4) is 0 Å². The molecule has 0 fully saturated rings. The van der Waals surface area contributed by atoms with E-state index in [1.165, 1.54) is 0 Å². The highest BCUT2D eigenvalue weighted by Gasteiger charge is 2.14. The quantitative estimate of drug-likeness (QED) is 0.682. The van der Waals surface area contributed by atoms with Gasteiger partial charge < -0.3 is 4.52 Å². The molecule has 0 saturated carbocycles. The monoisotopic (exact) mass is 189 g/mol. The van der Waals surface area contributed by atoms with Crippen molar-refractivity contribution < 1.29 is 9.32 Å². The van der Waals surface area contributed by atoms with Crippen LogP contribution in [0.25, 0.3) is 11.0 Å². The van der Waals surface area contributed by atoms with E-state index in [2.05, 4.69) is 5.16 Å². The second kappa shape index (κ2) is 3.25. The number of carbonyl (C=O) groups excluding carboxylic acids is 1. The molecule has 0 amide bonds. The number of benzene rings is 1. The molecule has 1 heterocycles. The summed E-state index contributed by atoms with van der Waals surface area (Å²) in [7, 11) is 0. The van der Waals surface area contributed by atoms with Gasteiger partial charge in [0.1, 0.15) is 0 Å². The molecular formula is C11H11NO2. The van der Waals surface area contributed by atoms with Gasteiger partial charge in [0.2, 0.25) is 0 Å². The lowest BCUT2D eigenvalue weighted by Gasteiger charge is -1.92. The number of hydrogen-bond acceptors (Lipinski definition) is 3. The Labute approximate surface area is 81.7 Å². The summed E-state index contributed by atoms with van der Waals surface area (Å²) < 4.78 is 5.13. The van der Waals surface area contributed by atoms with Crippen LogP contribution in [-0.2, 0) is 0 Å². The fourth-order valence-corrected chi connectivity index (χ4v) is 1.47. The Kier molecular flexibility index (Phi) is 2.08. The topological polar surface area (TPSA) is 43.1 Å². The van der Waals surface area contributed by atoms with Gasteiger partial charge in [0.05, 0.1) is 5.39 Å². The summed E-state index contributed by atoms with van der Waals surface area (Å²) in [5, 5.41) is 4.62. The fraction of sp³-hybridized carbons (Fsp3) is 0.273. The molecule has 2 rings (SSSR count). The Morgan fingerprint density at radius 3 is 3.00 bits per heavy atom. The molecule has 1 aromatic carbocycles. The summed E-state index contributed by atoms with van der Waals surface area (Å²) in [4.78, 5) is 11.5. The van der Waals surface area contributed by atoms with E-state index in [0.717, 1.165) is 10.9 Å². The van der Waals surface area contributed by atoms with Crippen LogP contribution in [0, 0.1) is 6.92 Å². The number of carbonyl (C=O) groups is 1. The van der Waals surface area contributed by atoms with Gasteiger partial charge in [-0.25, -0.2) is 0 Å². The van der Waals surface area contributed by atoms with Crippen LogP contribution < -0.4 is 0 Å². The Morgan fingerprint density at radius 2 is 2.29 bits per heavy atom. The van der Waals surface area contributed by atoms with E-state index in [1.54, 1.807) is 0 Å². The molecule has 0 bridgehead atoms. The zero-order chi connectivity index (χ0) is 10.1. The summed E-state index contributed by atoms with van der Waals surface area (Å²) >= 11 is 0. The first-order chi connectivity index (χ1) is 6.74. The summed E-state index contributed by atoms with van der Waals surface area (Å²) in [6.07, 6.45) is 0.454. The minimum atomic E-state index is 0.0225. The number of aromatic nitrogens is 1. The van der Waals surface area contributed by atoms with Crippen LogP contribution in [0.1, 0.15) is 29.4 Å². The smallest absolute Gasteiger partial charge is 0.185 e. The molecule has 0 radical (unpaired) electrons. The number of fused-ring (bicyclic) bond motifs is 1. The summed E-state index contributed by atoms with van der Waals surface area (Å²) in [5.74, 6) is 0.0225. The summed E-state index contributed by atoms with van der Waals surface area (Å²) in [5.41, 5.74) is 2.17. The van der Waals surface area contributed by atoms with Gasteiger partial charge in [-0.2, -0.15) is 0 Å². The van der Waals surface area contributed by atoms with E-state index in [1.807, 2.05) is 32.0 Å². The van der Waals surface area contributed by atoms with Crippen LogP contribution in [0.5, 0.6) is 0 Å². The molecule has 14 heavy (non-hydrogen) atoms. The fourth-order valence-electron chi connectivity index (χ4n) is 1.47. The number of para-hydroxylation sites is 1. The van der Waals surface area contributed by atoms with E-state index in [9.17, 15) is 4.79 Å². The van der Waals surface area contributed by atoms with Gasteiger partial charge >= 0.3 is 0 Å². The first-order valence-electron chi connectivity index (χ1n) is 4.62. The van der Waals surface area contributed by atoms with Gasteiger partial charge in [-0.3, -0.25) is 4.79 Å². The molecule has 3 heteroatoms. The number of nitrogens with zero attached hydrogens (tertiary/aromatic N) is 1. The van der Waals surface area contributed by atoms with Gasteiger partial charge in [0, 0.05) is 6.42 Å². The second-order valence-corrected chi connectivity index (χ2v) is 3.26. The van der Waals surface area contributed by atoms with Crippen molar-refractivity contribution in [3.05, 3.63) is 29.5 Å². The maximum absolute atomic E-state index is 11.5. The predicted octanol–water partition coefficient (Wildman–Crippen LogP) is 2.73. The Balaban J connectivity index is 2.70. The van der Waals surface area contributed by atoms with Crippen LogP contribution in [0.15, 0.2) is 22.7 Å². The zero-order valence-corrected chi connectivity index (χ0v) is 8.20. The van der Waals surface area contributed by atoms with Gasteiger partial charge in [0.25, 0.3) is 0 Å². The van der Waals surface area contributed by atoms with Crippen LogP contribution >= 0.6 is 0 Å². The van der Waals surface area contributed by atoms with E-state index in [-0.39, 0.29) is 5.78 Å². The van der Waals surface area contributed by atoms with Crippen LogP contribution in [0.2, 0.25) is 0 Å². The zero-order valence-electron chi connectivity index (χ0n) is 8.20. The Hall–Kier alpha value is -1.64. The van der Waals surface area contributed by atoms with Gasteiger partial charge in [-0.05, 0) is 18.6 Å². The lowest BCUT2D eigenvalue weighted by Crippen LogP contribution is -1.96. The van der Waals surface area contributed by atoms with Crippen molar-refractivity contribution >= 4 is 16.8 Å². The summed E-state index contributed by atoms with van der Waals surface area (Å²) in [6, 6.07) is 5.71. The molecule has 72 valence electrons. The molecular weight excluding hydrogens is 178 g/mol. The largest absolute Gasteiger partial charge is 0.355 e. The third-order valence-electron chi connectivity index (χ3n) is 2.28. The van der Waals surface area contributed by atoms with E-state index in [4.69, 9.17) is 4.52 Å². The average Bonchev–Trinajstić information content (AvgIpc) is 2.62. The average molecular weight is 189 g/mol. The minimum absolute atomic E-state index is 0.0225. The molecule has 0 N–H and O–H groups in total. The first-order valence-corrected chi connectivity index (χ1v) is 4.62. The SMILES string of the molecule is CCC(=O)c1noc2c(C)cccc12. The van der Waals surface area contributed by atoms with Gasteiger partial charge in [-0.1, -0.05) is 24.2 Å². The molecule has 0 aliphatic carbocycles. The van der Waals surface area contributed by atoms with Gasteiger partial charge in [-0.15, -0.1) is 0 Å². The summed E-state index contributed by atoms with van der Waals surface area (Å²) in [6.45, 7) is 3.76. The number of ketones is 1. The molecule has 0 spiro atoms. The molecule has 0 unspecified atom stereocenters. The van der Waals surface area contributed by atoms with Crippen molar-refractivity contribution in [2.24, 2.45) is 0 Å². The minimum Gasteiger partial charge on any atom is -0.355 e. The number of Topliss-reactive ketones (excluding diaryl/α,β-unsaturated/α-hetero) is 1. The highest BCUT2D eigenvalue weighted by Crippen LogP contribution is 2.22. The molecule has 0 atom stereocenters. The predicted molar refractivity (Wildman–Crippen MR) is 53.4 cm³/mol. The lowest BCUT2D eigenvalue weighted by atomic mass is 10.1. The van der Waals surface area contributed by atoms with Crippen molar-refractivity contribution in [2.75, 3.05) is 0 Å². The Bertz CT molecular complexity index is 485. The van der Waals surface area contributed by atoms with Crippen molar-refractivity contribution in [1.29, 1.82) is 0 Å². The number of rotatable bonds is 2. The molecule has 1 aromatic heterocycles. The van der Waals surface area contributed by atoms with Crippen molar-refractivity contribution in [3.63, 3.8) is 0 Å². The van der Waals surface area contributed by atoms with Crippen molar-refractivity contribution in [2.45, 2.75) is 20.3 Å². The highest BCUT2D eigenvalue weighted by molar-refractivity contribution is 6.05.